The minimum absolute atomic E-state index is 0.00216. The van der Waals surface area contributed by atoms with Gasteiger partial charge in [-0.25, -0.2) is 0 Å². The second-order valence-electron chi connectivity index (χ2n) is 33.4. The van der Waals surface area contributed by atoms with Gasteiger partial charge in [0.05, 0.1) is 27.8 Å². The van der Waals surface area contributed by atoms with Crippen molar-refractivity contribution in [1.82, 2.24) is 9.13 Å². The van der Waals surface area contributed by atoms with Crippen molar-refractivity contribution in [2.45, 2.75) is 158 Å². The Balaban J connectivity index is 0.873. The number of nitrogens with zero attached hydrogens (tertiary/aromatic N) is 4. The van der Waals surface area contributed by atoms with Crippen LogP contribution < -0.4 is 9.80 Å². The van der Waals surface area contributed by atoms with E-state index in [9.17, 15) is 0 Å². The van der Waals surface area contributed by atoms with E-state index in [1.54, 1.807) is 0 Å². The maximum atomic E-state index is 2.50. The lowest BCUT2D eigenvalue weighted by atomic mass is 9.85. The normalized spacial score (nSPS) is 12.4. The van der Waals surface area contributed by atoms with E-state index >= 15 is 0 Å². The van der Waals surface area contributed by atoms with Crippen molar-refractivity contribution in [1.29, 1.82) is 0 Å². The van der Waals surface area contributed by atoms with E-state index in [1.165, 1.54) is 132 Å². The molecule has 0 N–H and O–H groups in total. The number of rotatable bonds is 15. The predicted octanol–water partition coefficient (Wildman–Crippen LogP) is 28.7. The summed E-state index contributed by atoms with van der Waals surface area (Å²) in [6.07, 6.45) is 4.42. The van der Waals surface area contributed by atoms with E-state index in [-0.39, 0.29) is 21.7 Å². The van der Waals surface area contributed by atoms with Crippen LogP contribution in [0.15, 0.2) is 267 Å². The molecule has 0 bridgehead atoms. The molecule has 0 fully saturated rings. The van der Waals surface area contributed by atoms with Gasteiger partial charge in [-0.3, -0.25) is 0 Å². The fourth-order valence-corrected chi connectivity index (χ4v) is 15.9. The monoisotopic (exact) mass is 1360 g/mol. The SMILES string of the molecule is CCCc1ccc(-c2ccc(N(c3cccc(-n4c5ccc(C(C)(C)C)cc5c5cc(C(C)(C)C)ccc54)c3)c3ccc(-c4c(C)cc(N(c5ccc(-c6ccc(CCC)cc6)cc5)c5cccc(-n6c7ccc(C(C)(C)C)cc7c7cc(C(C)(C)C)ccc76)c5)c5ccccc45)c(C)c3)cc2)cc1. The van der Waals surface area contributed by atoms with Crippen molar-refractivity contribution in [3.63, 3.8) is 0 Å². The molecule has 0 aliphatic carbocycles. The van der Waals surface area contributed by atoms with E-state index in [4.69, 9.17) is 0 Å². The summed E-state index contributed by atoms with van der Waals surface area (Å²) in [7, 11) is 0. The average Bonchev–Trinajstić information content (AvgIpc) is 1.54. The molecule has 520 valence electrons. The van der Waals surface area contributed by atoms with Gasteiger partial charge < -0.3 is 18.9 Å². The number of aryl methyl sites for hydroxylation is 4. The summed E-state index contributed by atoms with van der Waals surface area (Å²) in [5.41, 5.74) is 31.3. The molecule has 4 nitrogen and oxygen atoms in total. The smallest absolute Gasteiger partial charge is 0.0543 e. The van der Waals surface area contributed by atoms with Gasteiger partial charge in [0.2, 0.25) is 0 Å². The molecule has 0 unspecified atom stereocenters. The minimum Gasteiger partial charge on any atom is -0.310 e. The van der Waals surface area contributed by atoms with E-state index < -0.39 is 0 Å². The predicted molar refractivity (Wildman–Crippen MR) is 451 cm³/mol. The van der Waals surface area contributed by atoms with Crippen molar-refractivity contribution in [3.05, 3.63) is 311 Å². The van der Waals surface area contributed by atoms with Crippen LogP contribution in [0.3, 0.4) is 0 Å². The molecule has 2 aromatic heterocycles. The van der Waals surface area contributed by atoms with Crippen LogP contribution in [-0.4, -0.2) is 9.13 Å². The molecule has 4 heteroatoms. The van der Waals surface area contributed by atoms with Gasteiger partial charge in [0.15, 0.2) is 0 Å². The third kappa shape index (κ3) is 13.0. The first-order valence-electron chi connectivity index (χ1n) is 37.8. The van der Waals surface area contributed by atoms with E-state index in [0.29, 0.717) is 0 Å². The van der Waals surface area contributed by atoms with Gasteiger partial charge in [-0.15, -0.1) is 0 Å². The lowest BCUT2D eigenvalue weighted by Gasteiger charge is -2.29. The summed E-state index contributed by atoms with van der Waals surface area (Å²) < 4.78 is 4.98. The Kier molecular flexibility index (Phi) is 17.8. The lowest BCUT2D eigenvalue weighted by Crippen LogP contribution is -2.12. The van der Waals surface area contributed by atoms with E-state index in [1.807, 2.05) is 0 Å². The standard InChI is InChI=1S/C100H100N4/c1-17-23-67-31-35-69(36-32-67)71-39-47-77(48-40-71)101(79-25-21-27-81(63-79)103-91-53-43-73(97(5,6)7)59-87(91)88-60-74(98(8,9)10)44-54-92(88)103)83-51-52-84(65(3)57-83)96-66(4)58-95(85-29-19-20-30-86(85)96)102(78-49-41-72(42-50-78)70-37-33-68(24-18-2)34-38-70)80-26-22-28-82(64-80)104-93-55-45-75(99(11,12)13)61-89(93)90-62-76(100(14,15)16)46-56-94(90)104/h19-22,25-64H,17-18,23-24H2,1-16H3. The highest BCUT2D eigenvalue weighted by Gasteiger charge is 2.27. The molecule has 0 aliphatic heterocycles. The largest absolute Gasteiger partial charge is 0.310 e. The second kappa shape index (κ2) is 26.9. The van der Waals surface area contributed by atoms with Crippen molar-refractivity contribution >= 4 is 88.5 Å². The van der Waals surface area contributed by atoms with Gasteiger partial charge in [0.25, 0.3) is 0 Å². The van der Waals surface area contributed by atoms with Crippen LogP contribution in [0.2, 0.25) is 0 Å². The Labute approximate surface area is 617 Å². The molecule has 15 rings (SSSR count). The number of fused-ring (bicyclic) bond motifs is 7. The highest BCUT2D eigenvalue weighted by molar-refractivity contribution is 6.12. The van der Waals surface area contributed by atoms with Crippen LogP contribution >= 0.6 is 0 Å². The zero-order valence-electron chi connectivity index (χ0n) is 64.0. The summed E-state index contributed by atoms with van der Waals surface area (Å²) in [5.74, 6) is 0. The third-order valence-electron chi connectivity index (χ3n) is 21.8. The molecule has 0 aliphatic rings. The van der Waals surface area contributed by atoms with E-state index in [0.717, 1.165) is 71.2 Å². The Morgan fingerprint density at radius 3 is 1.00 bits per heavy atom. The maximum Gasteiger partial charge on any atom is 0.0543 e. The molecule has 15 aromatic rings. The van der Waals surface area contributed by atoms with Gasteiger partial charge in [-0.05, 0) is 259 Å². The summed E-state index contributed by atoms with van der Waals surface area (Å²) in [6, 6.07) is 102. The molecule has 0 saturated heterocycles. The lowest BCUT2D eigenvalue weighted by molar-refractivity contribution is 0.590. The summed E-state index contributed by atoms with van der Waals surface area (Å²) in [6.45, 7) is 36.9. The summed E-state index contributed by atoms with van der Waals surface area (Å²) >= 11 is 0. The Morgan fingerprint density at radius 2 is 0.625 bits per heavy atom. The quantitative estimate of drug-likeness (QED) is 0.102. The minimum atomic E-state index is -0.00645. The highest BCUT2D eigenvalue weighted by Crippen LogP contribution is 2.49. The van der Waals surface area contributed by atoms with Crippen LogP contribution in [0.4, 0.5) is 34.1 Å². The highest BCUT2D eigenvalue weighted by atomic mass is 15.2. The third-order valence-corrected chi connectivity index (χ3v) is 21.8. The van der Waals surface area contributed by atoms with Gasteiger partial charge in [-0.1, -0.05) is 249 Å². The molecule has 13 aromatic carbocycles. The van der Waals surface area contributed by atoms with Crippen molar-refractivity contribution in [2.75, 3.05) is 9.80 Å². The molecule has 0 radical (unpaired) electrons. The first-order chi connectivity index (χ1) is 49.8. The first-order valence-corrected chi connectivity index (χ1v) is 37.8. The zero-order chi connectivity index (χ0) is 72.7. The van der Waals surface area contributed by atoms with Crippen molar-refractivity contribution in [2.24, 2.45) is 0 Å². The number of hydrogen-bond donors (Lipinski definition) is 0. The number of aromatic nitrogens is 2. The topological polar surface area (TPSA) is 16.3 Å². The molecule has 104 heavy (non-hydrogen) atoms. The Morgan fingerprint density at radius 1 is 0.279 bits per heavy atom. The molecule has 0 atom stereocenters. The van der Waals surface area contributed by atoms with E-state index in [2.05, 4.69) is 397 Å². The Hall–Kier alpha value is -10.7. The van der Waals surface area contributed by atoms with Gasteiger partial charge in [0, 0.05) is 66.7 Å². The fourth-order valence-electron chi connectivity index (χ4n) is 15.9. The van der Waals surface area contributed by atoms with Crippen LogP contribution in [0.5, 0.6) is 0 Å². The first kappa shape index (κ1) is 69.1. The van der Waals surface area contributed by atoms with Crippen LogP contribution in [-0.2, 0) is 34.5 Å². The summed E-state index contributed by atoms with van der Waals surface area (Å²) in [5, 5.41) is 7.49. The molecular formula is C100H100N4. The summed E-state index contributed by atoms with van der Waals surface area (Å²) in [4.78, 5) is 4.95. The van der Waals surface area contributed by atoms with Crippen LogP contribution in [0, 0.1) is 13.8 Å². The van der Waals surface area contributed by atoms with Gasteiger partial charge in [-0.2, -0.15) is 0 Å². The fraction of sp³-hybridized carbons (Fsp3) is 0.240. The average molecular weight is 1360 g/mol. The molecule has 2 heterocycles. The number of anilines is 6. The van der Waals surface area contributed by atoms with Crippen molar-refractivity contribution in [3.8, 4) is 44.8 Å². The van der Waals surface area contributed by atoms with Crippen molar-refractivity contribution < 1.29 is 0 Å². The number of benzene rings is 13. The molecular weight excluding hydrogens is 1260 g/mol. The molecule has 0 amide bonds. The second-order valence-corrected chi connectivity index (χ2v) is 33.4. The molecule has 0 saturated carbocycles. The van der Waals surface area contributed by atoms with Gasteiger partial charge >= 0.3 is 0 Å². The van der Waals surface area contributed by atoms with Gasteiger partial charge in [0.1, 0.15) is 0 Å². The zero-order valence-corrected chi connectivity index (χ0v) is 64.0. The van der Waals surface area contributed by atoms with Crippen LogP contribution in [0.25, 0.3) is 99.1 Å². The Bertz CT molecular complexity index is 5590. The maximum absolute atomic E-state index is 2.50. The molecule has 0 spiro atoms. The van der Waals surface area contributed by atoms with Crippen LogP contribution in [0.1, 0.15) is 154 Å². The number of hydrogen-bond acceptors (Lipinski definition) is 2.